The highest BCUT2D eigenvalue weighted by atomic mass is 32.2. The van der Waals surface area contributed by atoms with Crippen LogP contribution >= 0.6 is 11.8 Å². The molecular weight excluding hydrogens is 206 g/mol. The minimum Gasteiger partial charge on any atom is -0.355 e. The highest BCUT2D eigenvalue weighted by Gasteiger charge is 2.18. The summed E-state index contributed by atoms with van der Waals surface area (Å²) in [7, 11) is 0. The van der Waals surface area contributed by atoms with Gasteiger partial charge in [-0.25, -0.2) is 9.97 Å². The summed E-state index contributed by atoms with van der Waals surface area (Å²) in [5, 5.41) is 0.703. The van der Waals surface area contributed by atoms with Crippen molar-refractivity contribution in [2.24, 2.45) is 0 Å². The minimum atomic E-state index is 0.703. The number of aromatic nitrogens is 2. The Morgan fingerprint density at radius 3 is 2.87 bits per heavy atom. The van der Waals surface area contributed by atoms with Crippen molar-refractivity contribution in [1.29, 1.82) is 0 Å². The molecule has 2 rings (SSSR count). The van der Waals surface area contributed by atoms with Gasteiger partial charge in [-0.05, 0) is 13.8 Å². The fourth-order valence-corrected chi connectivity index (χ4v) is 2.90. The molecule has 1 atom stereocenters. The third-order valence-corrected chi connectivity index (χ3v) is 3.65. The first-order valence-corrected chi connectivity index (χ1v) is 6.39. The highest BCUT2D eigenvalue weighted by Crippen LogP contribution is 2.22. The number of nitrogens with zero attached hydrogens (tertiary/aromatic N) is 3. The number of aryl methyl sites for hydroxylation is 2. The number of hydrogen-bond donors (Lipinski definition) is 0. The van der Waals surface area contributed by atoms with Crippen LogP contribution in [0, 0.1) is 13.8 Å². The van der Waals surface area contributed by atoms with Gasteiger partial charge < -0.3 is 4.90 Å². The summed E-state index contributed by atoms with van der Waals surface area (Å²) in [5.41, 5.74) is 1.06. The molecule has 1 aliphatic heterocycles. The first-order valence-electron chi connectivity index (χ1n) is 5.34. The van der Waals surface area contributed by atoms with Crippen molar-refractivity contribution in [1.82, 2.24) is 9.97 Å². The van der Waals surface area contributed by atoms with Crippen molar-refractivity contribution < 1.29 is 0 Å². The lowest BCUT2D eigenvalue weighted by molar-refractivity contribution is 0.763. The highest BCUT2D eigenvalue weighted by molar-refractivity contribution is 8.00. The van der Waals surface area contributed by atoms with Crippen LogP contribution in [0.2, 0.25) is 0 Å². The van der Waals surface area contributed by atoms with Gasteiger partial charge in [0.1, 0.15) is 11.6 Å². The van der Waals surface area contributed by atoms with Gasteiger partial charge in [0.15, 0.2) is 0 Å². The Hall–Kier alpha value is -0.770. The van der Waals surface area contributed by atoms with Crippen LogP contribution < -0.4 is 4.90 Å². The second-order valence-corrected chi connectivity index (χ2v) is 5.59. The van der Waals surface area contributed by atoms with Gasteiger partial charge in [-0.15, -0.1) is 0 Å². The Labute approximate surface area is 95.3 Å². The van der Waals surface area contributed by atoms with Gasteiger partial charge in [-0.2, -0.15) is 11.8 Å². The zero-order chi connectivity index (χ0) is 10.8. The van der Waals surface area contributed by atoms with Gasteiger partial charge in [0.2, 0.25) is 0 Å². The maximum Gasteiger partial charge on any atom is 0.132 e. The van der Waals surface area contributed by atoms with E-state index in [0.717, 1.165) is 30.4 Å². The van der Waals surface area contributed by atoms with Crippen LogP contribution in [0.15, 0.2) is 6.07 Å². The maximum absolute atomic E-state index is 4.50. The SMILES string of the molecule is Cc1cc(N2CCSC(C)C2)nc(C)n1. The average molecular weight is 223 g/mol. The van der Waals surface area contributed by atoms with E-state index in [1.165, 1.54) is 5.75 Å². The van der Waals surface area contributed by atoms with Crippen molar-refractivity contribution in [2.45, 2.75) is 26.0 Å². The normalized spacial score (nSPS) is 21.8. The molecule has 0 aromatic carbocycles. The van der Waals surface area contributed by atoms with Crippen LogP contribution in [-0.2, 0) is 0 Å². The summed E-state index contributed by atoms with van der Waals surface area (Å²) >= 11 is 2.04. The molecule has 82 valence electrons. The molecule has 1 aromatic heterocycles. The van der Waals surface area contributed by atoms with Gasteiger partial charge in [0, 0.05) is 35.9 Å². The monoisotopic (exact) mass is 223 g/mol. The van der Waals surface area contributed by atoms with Crippen molar-refractivity contribution in [2.75, 3.05) is 23.7 Å². The Bertz CT molecular complexity index is 333. The van der Waals surface area contributed by atoms with Crippen LogP contribution in [0.5, 0.6) is 0 Å². The molecule has 2 heterocycles. The van der Waals surface area contributed by atoms with Gasteiger partial charge in [-0.1, -0.05) is 6.92 Å². The second-order valence-electron chi connectivity index (χ2n) is 4.04. The molecule has 1 aliphatic rings. The molecule has 1 aromatic rings. The molecule has 1 unspecified atom stereocenters. The van der Waals surface area contributed by atoms with Crippen LogP contribution in [0.4, 0.5) is 5.82 Å². The lowest BCUT2D eigenvalue weighted by Gasteiger charge is -2.31. The van der Waals surface area contributed by atoms with E-state index in [0.29, 0.717) is 5.25 Å². The second kappa shape index (κ2) is 4.39. The zero-order valence-electron chi connectivity index (χ0n) is 9.53. The number of rotatable bonds is 1. The first-order chi connectivity index (χ1) is 7.15. The number of anilines is 1. The quantitative estimate of drug-likeness (QED) is 0.728. The number of hydrogen-bond acceptors (Lipinski definition) is 4. The van der Waals surface area contributed by atoms with Crippen LogP contribution in [-0.4, -0.2) is 34.1 Å². The van der Waals surface area contributed by atoms with Gasteiger partial charge >= 0.3 is 0 Å². The summed E-state index contributed by atoms with van der Waals surface area (Å²) in [6.45, 7) is 8.46. The molecule has 0 amide bonds. The van der Waals surface area contributed by atoms with E-state index in [1.807, 2.05) is 25.6 Å². The average Bonchev–Trinajstić information content (AvgIpc) is 2.16. The molecule has 0 spiro atoms. The predicted octanol–water partition coefficient (Wildman–Crippen LogP) is 2.04. The largest absolute Gasteiger partial charge is 0.355 e. The summed E-state index contributed by atoms with van der Waals surface area (Å²) in [6.07, 6.45) is 0. The molecule has 0 bridgehead atoms. The van der Waals surface area contributed by atoms with Gasteiger partial charge in [0.05, 0.1) is 0 Å². The molecule has 0 N–H and O–H groups in total. The summed E-state index contributed by atoms with van der Waals surface area (Å²) in [6, 6.07) is 2.08. The number of thioether (sulfide) groups is 1. The smallest absolute Gasteiger partial charge is 0.132 e. The Balaban J connectivity index is 2.20. The third kappa shape index (κ3) is 2.62. The van der Waals surface area contributed by atoms with Crippen molar-refractivity contribution in [3.63, 3.8) is 0 Å². The zero-order valence-corrected chi connectivity index (χ0v) is 10.3. The molecular formula is C11H17N3S. The molecule has 3 nitrogen and oxygen atoms in total. The van der Waals surface area contributed by atoms with Gasteiger partial charge in [0.25, 0.3) is 0 Å². The summed E-state index contributed by atoms with van der Waals surface area (Å²) in [4.78, 5) is 11.2. The van der Waals surface area contributed by atoms with Gasteiger partial charge in [-0.3, -0.25) is 0 Å². The molecule has 1 fully saturated rings. The molecule has 0 aliphatic carbocycles. The Morgan fingerprint density at radius 1 is 1.40 bits per heavy atom. The third-order valence-electron chi connectivity index (χ3n) is 2.52. The van der Waals surface area contributed by atoms with Crippen LogP contribution in [0.25, 0.3) is 0 Å². The lowest BCUT2D eigenvalue weighted by atomic mass is 10.3. The molecule has 0 radical (unpaired) electrons. The van der Waals surface area contributed by atoms with E-state index in [-0.39, 0.29) is 0 Å². The van der Waals surface area contributed by atoms with E-state index in [2.05, 4.69) is 27.9 Å². The van der Waals surface area contributed by atoms with Crippen molar-refractivity contribution in [3.05, 3.63) is 17.6 Å². The van der Waals surface area contributed by atoms with Crippen molar-refractivity contribution in [3.8, 4) is 0 Å². The van der Waals surface area contributed by atoms with Crippen LogP contribution in [0.3, 0.4) is 0 Å². The predicted molar refractivity (Wildman–Crippen MR) is 65.6 cm³/mol. The minimum absolute atomic E-state index is 0.703. The summed E-state index contributed by atoms with van der Waals surface area (Å²) < 4.78 is 0. The standard InChI is InChI=1S/C11H17N3S/c1-8-6-11(13-10(3)12-8)14-4-5-15-9(2)7-14/h6,9H,4-5,7H2,1-3H3. The molecule has 4 heteroatoms. The fourth-order valence-electron chi connectivity index (χ4n) is 1.89. The van der Waals surface area contributed by atoms with E-state index in [4.69, 9.17) is 0 Å². The van der Waals surface area contributed by atoms with Crippen molar-refractivity contribution >= 4 is 17.6 Å². The fraction of sp³-hybridized carbons (Fsp3) is 0.636. The van der Waals surface area contributed by atoms with E-state index >= 15 is 0 Å². The first kappa shape index (κ1) is 10.7. The molecule has 0 saturated carbocycles. The molecule has 1 saturated heterocycles. The Kier molecular flexibility index (Phi) is 3.14. The Morgan fingerprint density at radius 2 is 2.20 bits per heavy atom. The summed E-state index contributed by atoms with van der Waals surface area (Å²) in [5.74, 6) is 3.16. The maximum atomic E-state index is 4.50. The van der Waals surface area contributed by atoms with E-state index in [9.17, 15) is 0 Å². The molecule has 15 heavy (non-hydrogen) atoms. The van der Waals surface area contributed by atoms with Crippen LogP contribution in [0.1, 0.15) is 18.4 Å². The lowest BCUT2D eigenvalue weighted by Crippen LogP contribution is -2.37. The topological polar surface area (TPSA) is 29.0 Å². The van der Waals surface area contributed by atoms with E-state index < -0.39 is 0 Å². The van der Waals surface area contributed by atoms with E-state index in [1.54, 1.807) is 0 Å².